The Labute approximate surface area is 222 Å². The molecule has 0 spiro atoms. The summed E-state index contributed by atoms with van der Waals surface area (Å²) in [5.74, 6) is 0. The SMILES string of the molecule is CC(C)(C)[Si]([Mg][Si](c1ccccc1)(c1ccccc1)C(C)(C)C)(c1ccccc1)c1ccccc1. The molecule has 0 saturated carbocycles. The summed E-state index contributed by atoms with van der Waals surface area (Å²) in [5, 5.41) is 6.82. The van der Waals surface area contributed by atoms with E-state index in [1.165, 1.54) is 0 Å². The highest BCUT2D eigenvalue weighted by molar-refractivity contribution is 7.65. The molecule has 4 rings (SSSR count). The van der Waals surface area contributed by atoms with Crippen LogP contribution in [0, 0.1) is 0 Å². The highest BCUT2D eigenvalue weighted by Gasteiger charge is 2.58. The maximum Gasteiger partial charge on any atom is 0.396 e. The van der Waals surface area contributed by atoms with Crippen LogP contribution in [0.5, 0.6) is 0 Å². The summed E-state index contributed by atoms with van der Waals surface area (Å²) in [6.45, 7) is 15.2. The number of hydrogen-bond acceptors (Lipinski definition) is 0. The summed E-state index contributed by atoms with van der Waals surface area (Å²) in [7, 11) is 0. The van der Waals surface area contributed by atoms with Gasteiger partial charge in [0.1, 0.15) is 0 Å². The number of rotatable bonds is 6. The van der Waals surface area contributed by atoms with Gasteiger partial charge in [0.05, 0.1) is 0 Å². The first kappa shape index (κ1) is 26.2. The van der Waals surface area contributed by atoms with Crippen LogP contribution < -0.4 is 20.7 Å². The fourth-order valence-electron chi connectivity index (χ4n) is 6.29. The van der Waals surface area contributed by atoms with Crippen molar-refractivity contribution in [2.45, 2.75) is 51.6 Å². The van der Waals surface area contributed by atoms with Gasteiger partial charge in [0.15, 0.2) is 0 Å². The Kier molecular flexibility index (Phi) is 7.63. The molecule has 0 fully saturated rings. The summed E-state index contributed by atoms with van der Waals surface area (Å²) in [4.78, 5) is 0. The summed E-state index contributed by atoms with van der Waals surface area (Å²) >= 11 is -0.698. The van der Waals surface area contributed by atoms with Gasteiger partial charge < -0.3 is 0 Å². The molecule has 0 heterocycles. The molecule has 0 unspecified atom stereocenters. The van der Waals surface area contributed by atoms with Gasteiger partial charge in [-0.15, -0.1) is 0 Å². The Hall–Kier alpha value is -1.92. The molecule has 176 valence electrons. The maximum absolute atomic E-state index is 2.53. The van der Waals surface area contributed by atoms with E-state index in [0.29, 0.717) is 0 Å². The Balaban J connectivity index is 2.15. The predicted octanol–water partition coefficient (Wildman–Crippen LogP) is 5.81. The van der Waals surface area contributed by atoms with E-state index >= 15 is 0 Å². The van der Waals surface area contributed by atoms with Gasteiger partial charge in [-0.2, -0.15) is 0 Å². The van der Waals surface area contributed by atoms with E-state index in [1.54, 1.807) is 20.7 Å². The lowest BCUT2D eigenvalue weighted by Crippen LogP contribution is -2.82. The molecule has 0 bridgehead atoms. The van der Waals surface area contributed by atoms with Crippen molar-refractivity contribution in [2.24, 2.45) is 0 Å². The highest BCUT2D eigenvalue weighted by atomic mass is 28.7. The van der Waals surface area contributed by atoms with Crippen LogP contribution in [0.4, 0.5) is 0 Å². The lowest BCUT2D eigenvalue weighted by molar-refractivity contribution is 0.739. The van der Waals surface area contributed by atoms with Gasteiger partial charge >= 0.3 is 18.8 Å². The quantitative estimate of drug-likeness (QED) is 0.292. The maximum atomic E-state index is 2.53. The summed E-state index contributed by atoms with van der Waals surface area (Å²) in [6, 6.07) is 46.5. The predicted molar refractivity (Wildman–Crippen MR) is 161 cm³/mol. The average Bonchev–Trinajstić information content (AvgIpc) is 2.85. The minimum Gasteiger partial charge on any atom is -0.0789 e. The van der Waals surface area contributed by atoms with E-state index in [4.69, 9.17) is 0 Å². The van der Waals surface area contributed by atoms with Crippen LogP contribution in [0.3, 0.4) is 0 Å². The van der Waals surface area contributed by atoms with Crippen LogP contribution >= 0.6 is 0 Å². The van der Waals surface area contributed by atoms with Crippen molar-refractivity contribution >= 4 is 51.0 Å². The fourth-order valence-corrected chi connectivity index (χ4v) is 51.0. The molecular formula is C32H38MgSi2. The molecule has 0 N–H and O–H groups in total. The second-order valence-corrected chi connectivity index (χ2v) is 31.8. The van der Waals surface area contributed by atoms with Crippen molar-refractivity contribution in [1.29, 1.82) is 0 Å². The molecule has 0 atom stereocenters. The first-order valence-corrected chi connectivity index (χ1v) is 21.5. The van der Waals surface area contributed by atoms with E-state index in [0.717, 1.165) is 0 Å². The van der Waals surface area contributed by atoms with E-state index in [9.17, 15) is 0 Å². The second-order valence-electron chi connectivity index (χ2n) is 12.0. The topological polar surface area (TPSA) is 0 Å². The van der Waals surface area contributed by atoms with Gasteiger partial charge in [-0.1, -0.05) is 194 Å². The van der Waals surface area contributed by atoms with Crippen molar-refractivity contribution < 1.29 is 0 Å². The van der Waals surface area contributed by atoms with Gasteiger partial charge in [-0.25, -0.2) is 0 Å². The van der Waals surface area contributed by atoms with Gasteiger partial charge in [-0.05, 0) is 0 Å². The second kappa shape index (κ2) is 10.2. The third-order valence-corrected chi connectivity index (χ3v) is 43.6. The van der Waals surface area contributed by atoms with Crippen molar-refractivity contribution in [3.05, 3.63) is 121 Å². The standard InChI is InChI=1S/2C16H19Si.Mg/c2*1-16(2,3)17(14-10-6-4-7-11-14)15-12-8-5-9-13-15;/h2*4-13H,1-3H3;. The van der Waals surface area contributed by atoms with Crippen molar-refractivity contribution in [1.82, 2.24) is 0 Å². The minimum atomic E-state index is -2.16. The molecule has 4 aromatic carbocycles. The molecule has 0 aliphatic heterocycles. The monoisotopic (exact) mass is 502 g/mol. The summed E-state index contributed by atoms with van der Waals surface area (Å²) in [5.41, 5.74) is -4.32. The van der Waals surface area contributed by atoms with Crippen molar-refractivity contribution in [3.63, 3.8) is 0 Å². The molecule has 0 saturated heterocycles. The third kappa shape index (κ3) is 4.76. The lowest BCUT2D eigenvalue weighted by Gasteiger charge is -2.54. The van der Waals surface area contributed by atoms with Gasteiger partial charge in [-0.3, -0.25) is 0 Å². The zero-order chi connectivity index (χ0) is 25.2. The normalized spacial score (nSPS) is 12.7. The lowest BCUT2D eigenvalue weighted by atomic mass is 10.2. The van der Waals surface area contributed by atoms with Crippen molar-refractivity contribution in [3.8, 4) is 0 Å². The molecule has 35 heavy (non-hydrogen) atoms. The first-order valence-electron chi connectivity index (χ1n) is 12.8. The Morgan fingerprint density at radius 1 is 0.371 bits per heavy atom. The highest BCUT2D eigenvalue weighted by Crippen LogP contribution is 2.42. The Morgan fingerprint density at radius 2 is 0.571 bits per heavy atom. The Morgan fingerprint density at radius 3 is 0.743 bits per heavy atom. The molecule has 0 radical (unpaired) electrons. The number of hydrogen-bond donors (Lipinski definition) is 0. The molecule has 0 aliphatic rings. The van der Waals surface area contributed by atoms with Crippen LogP contribution in [-0.2, 0) is 0 Å². The number of benzene rings is 4. The van der Waals surface area contributed by atoms with Gasteiger partial charge in [0, 0.05) is 11.4 Å². The minimum absolute atomic E-state index is 0.189. The molecular weight excluding hydrogens is 465 g/mol. The molecule has 0 aliphatic carbocycles. The molecule has 0 nitrogen and oxygen atoms in total. The Bertz CT molecular complexity index is 1030. The smallest absolute Gasteiger partial charge is 0.0789 e. The molecule has 0 aromatic heterocycles. The summed E-state index contributed by atoms with van der Waals surface area (Å²) in [6.07, 6.45) is 0. The van der Waals surface area contributed by atoms with Crippen LogP contribution in [-0.4, -0.2) is 30.3 Å². The van der Waals surface area contributed by atoms with Crippen LogP contribution in [0.1, 0.15) is 41.5 Å². The zero-order valence-corrected chi connectivity index (χ0v) is 25.7. The van der Waals surface area contributed by atoms with Crippen LogP contribution in [0.15, 0.2) is 121 Å². The fraction of sp³-hybridized carbons (Fsp3) is 0.250. The summed E-state index contributed by atoms with van der Waals surface area (Å²) < 4.78 is 0. The van der Waals surface area contributed by atoms with Gasteiger partial charge in [0.2, 0.25) is 0 Å². The van der Waals surface area contributed by atoms with Crippen LogP contribution in [0.25, 0.3) is 0 Å². The zero-order valence-electron chi connectivity index (χ0n) is 22.3. The molecule has 3 heteroatoms. The van der Waals surface area contributed by atoms with Crippen LogP contribution in [0.2, 0.25) is 10.1 Å². The van der Waals surface area contributed by atoms with E-state index in [-0.39, 0.29) is 10.1 Å². The first-order chi connectivity index (χ1) is 16.6. The van der Waals surface area contributed by atoms with E-state index in [2.05, 4.69) is 163 Å². The van der Waals surface area contributed by atoms with Crippen molar-refractivity contribution in [2.75, 3.05) is 0 Å². The van der Waals surface area contributed by atoms with E-state index < -0.39 is 30.3 Å². The molecule has 0 amide bonds. The largest absolute Gasteiger partial charge is 0.396 e. The third-order valence-electron chi connectivity index (χ3n) is 8.16. The van der Waals surface area contributed by atoms with E-state index in [1.807, 2.05) is 0 Å². The average molecular weight is 503 g/mol. The molecule has 4 aromatic rings. The van der Waals surface area contributed by atoms with Gasteiger partial charge in [0.25, 0.3) is 0 Å².